The summed E-state index contributed by atoms with van der Waals surface area (Å²) in [5.41, 5.74) is -1.69. The maximum absolute atomic E-state index is 12.1. The number of ether oxygens (including phenoxy) is 1. The summed E-state index contributed by atoms with van der Waals surface area (Å²) >= 11 is 0. The highest BCUT2D eigenvalue weighted by Gasteiger charge is 2.43. The highest BCUT2D eigenvalue weighted by Crippen LogP contribution is 2.66. The van der Waals surface area contributed by atoms with Gasteiger partial charge in [-0.05, 0) is 7.05 Å². The lowest BCUT2D eigenvalue weighted by molar-refractivity contribution is -0.0173. The van der Waals surface area contributed by atoms with Crippen molar-refractivity contribution in [3.05, 3.63) is 44.1 Å². The number of phosphoric acid groups is 3. The monoisotopic (exact) mass is 525 g/mol. The van der Waals surface area contributed by atoms with Gasteiger partial charge in [-0.3, -0.25) is 18.9 Å². The molecule has 21 heteroatoms. The van der Waals surface area contributed by atoms with Crippen molar-refractivity contribution < 1.29 is 61.4 Å². The van der Waals surface area contributed by atoms with Crippen LogP contribution in [0.4, 0.5) is 0 Å². The van der Waals surface area contributed by atoms with E-state index in [9.17, 15) is 38.4 Å². The van der Waals surface area contributed by atoms with E-state index in [1.165, 1.54) is 7.05 Å². The number of phosphoric ester groups is 1. The fraction of sp³-hybridized carbons (Fsp3) is 0.455. The standard InChI is InChI=1S/C11H18N3O15P3/c1-12-2-5-3-14(11(18)13-9(5)17)10-8(16)7(15)6(27-10)4-26-31(22,23)29-32(24,25)28-30(19,20)21/h3,8,10,12,15-16H,2,4H2,1H3,(H,22,23)(H,24,25)(H,13,17,18)(H2,19,20,21)/t8?,10-/m1/s1. The van der Waals surface area contributed by atoms with E-state index >= 15 is 0 Å². The number of H-pyrrole nitrogens is 1. The Kier molecular flexibility index (Phi) is 8.05. The first-order chi connectivity index (χ1) is 14.6. The summed E-state index contributed by atoms with van der Waals surface area (Å²) in [4.78, 5) is 61.2. The first-order valence-corrected chi connectivity index (χ1v) is 12.6. The van der Waals surface area contributed by atoms with Crippen LogP contribution in [0, 0.1) is 0 Å². The van der Waals surface area contributed by atoms with Crippen LogP contribution in [0.1, 0.15) is 11.8 Å². The molecule has 4 atom stereocenters. The predicted octanol–water partition coefficient (Wildman–Crippen LogP) is -1.74. The van der Waals surface area contributed by atoms with Crippen LogP contribution in [-0.4, -0.2) is 59.1 Å². The Bertz CT molecular complexity index is 1150. The lowest BCUT2D eigenvalue weighted by atomic mass is 10.2. The largest absolute Gasteiger partial charge is 0.506 e. The smallest absolute Gasteiger partial charge is 0.490 e. The number of aliphatic hydroxyl groups excluding tert-OH is 2. The summed E-state index contributed by atoms with van der Waals surface area (Å²) in [5.74, 6) is -1.67. The molecule has 0 fully saturated rings. The summed E-state index contributed by atoms with van der Waals surface area (Å²) in [6, 6.07) is 0. The molecule has 1 aromatic heterocycles. The number of aromatic amines is 1. The first kappa shape index (κ1) is 26.6. The van der Waals surface area contributed by atoms with Crippen LogP contribution in [0.15, 0.2) is 27.3 Å². The van der Waals surface area contributed by atoms with Crippen LogP contribution in [0.3, 0.4) is 0 Å². The number of nitrogens with zero attached hydrogens (tertiary/aromatic N) is 1. The van der Waals surface area contributed by atoms with Crippen LogP contribution in [0.25, 0.3) is 0 Å². The summed E-state index contributed by atoms with van der Waals surface area (Å²) in [6.45, 7) is -1.15. The number of rotatable bonds is 10. The quantitative estimate of drug-likeness (QED) is 0.157. The van der Waals surface area contributed by atoms with Gasteiger partial charge in [-0.1, -0.05) is 0 Å². The van der Waals surface area contributed by atoms with Crippen molar-refractivity contribution in [3.8, 4) is 0 Å². The number of hydrogen-bond acceptors (Lipinski definition) is 12. The van der Waals surface area contributed by atoms with Gasteiger partial charge in [-0.25, -0.2) is 18.5 Å². The van der Waals surface area contributed by atoms with Gasteiger partial charge in [0.25, 0.3) is 5.56 Å². The van der Waals surface area contributed by atoms with Gasteiger partial charge >= 0.3 is 29.2 Å². The van der Waals surface area contributed by atoms with E-state index in [-0.39, 0.29) is 12.1 Å². The number of nitrogens with one attached hydrogen (secondary N) is 2. The van der Waals surface area contributed by atoms with Gasteiger partial charge in [-0.2, -0.15) is 8.62 Å². The van der Waals surface area contributed by atoms with Gasteiger partial charge in [0.2, 0.25) is 6.23 Å². The molecule has 0 amide bonds. The minimum absolute atomic E-state index is 0.0245. The second-order valence-electron chi connectivity index (χ2n) is 5.98. The van der Waals surface area contributed by atoms with Crippen molar-refractivity contribution in [1.29, 1.82) is 0 Å². The molecule has 0 saturated heterocycles. The molecule has 182 valence electrons. The Morgan fingerprint density at radius 1 is 1.16 bits per heavy atom. The molecular weight excluding hydrogens is 507 g/mol. The van der Waals surface area contributed by atoms with E-state index in [1.807, 2.05) is 4.98 Å². The third-order valence-electron chi connectivity index (χ3n) is 3.56. The van der Waals surface area contributed by atoms with Crippen LogP contribution < -0.4 is 16.6 Å². The highest BCUT2D eigenvalue weighted by molar-refractivity contribution is 7.66. The first-order valence-electron chi connectivity index (χ1n) is 8.09. The molecule has 0 saturated carbocycles. The second-order valence-corrected chi connectivity index (χ2v) is 10.4. The third kappa shape index (κ3) is 6.92. The lowest BCUT2D eigenvalue weighted by Gasteiger charge is -2.19. The summed E-state index contributed by atoms with van der Waals surface area (Å²) in [7, 11) is -15.4. The van der Waals surface area contributed by atoms with Crippen molar-refractivity contribution in [1.82, 2.24) is 14.9 Å². The van der Waals surface area contributed by atoms with Gasteiger partial charge in [-0.15, -0.1) is 0 Å². The van der Waals surface area contributed by atoms with Crippen molar-refractivity contribution in [2.75, 3.05) is 13.7 Å². The molecule has 1 aromatic rings. The van der Waals surface area contributed by atoms with Crippen molar-refractivity contribution in [2.24, 2.45) is 0 Å². The SMILES string of the molecule is CNCc1cn([C@@H]2OC(COP(=O)(O)OP(=O)(O)OP(=O)(O)O)=C(O)C2O)c(=O)[nH]c1=O. The van der Waals surface area contributed by atoms with Crippen LogP contribution in [0.5, 0.6) is 0 Å². The number of aliphatic hydroxyl groups is 2. The van der Waals surface area contributed by atoms with Gasteiger partial charge < -0.3 is 39.8 Å². The van der Waals surface area contributed by atoms with E-state index < -0.39 is 65.2 Å². The van der Waals surface area contributed by atoms with Crippen molar-refractivity contribution in [2.45, 2.75) is 18.9 Å². The normalized spacial score (nSPS) is 22.9. The highest BCUT2D eigenvalue weighted by atomic mass is 31.3. The fourth-order valence-corrected chi connectivity index (χ4v) is 5.34. The number of hydrogen-bond donors (Lipinski definition) is 8. The lowest BCUT2D eigenvalue weighted by Crippen LogP contribution is -2.38. The summed E-state index contributed by atoms with van der Waals surface area (Å²) in [5, 5.41) is 22.8. The average molecular weight is 525 g/mol. The van der Waals surface area contributed by atoms with E-state index in [1.54, 1.807) is 0 Å². The molecule has 0 spiro atoms. The zero-order valence-corrected chi connectivity index (χ0v) is 18.5. The second kappa shape index (κ2) is 9.69. The Morgan fingerprint density at radius 3 is 2.34 bits per heavy atom. The van der Waals surface area contributed by atoms with E-state index in [2.05, 4.69) is 18.5 Å². The van der Waals surface area contributed by atoms with Gasteiger partial charge in [0.1, 0.15) is 6.61 Å². The van der Waals surface area contributed by atoms with Crippen LogP contribution >= 0.6 is 23.5 Å². The van der Waals surface area contributed by atoms with Crippen molar-refractivity contribution in [3.63, 3.8) is 0 Å². The van der Waals surface area contributed by atoms with E-state index in [0.717, 1.165) is 6.20 Å². The zero-order chi connectivity index (χ0) is 24.5. The van der Waals surface area contributed by atoms with Crippen molar-refractivity contribution >= 4 is 23.5 Å². The topological polar surface area (TPSA) is 276 Å². The van der Waals surface area contributed by atoms with Crippen LogP contribution in [-0.2, 0) is 38.1 Å². The Hall–Kier alpha value is -1.65. The number of aromatic nitrogens is 2. The average Bonchev–Trinajstić information content (AvgIpc) is 2.87. The molecule has 1 aliphatic heterocycles. The van der Waals surface area contributed by atoms with E-state index in [0.29, 0.717) is 4.57 Å². The molecule has 2 heterocycles. The molecule has 0 aromatic carbocycles. The van der Waals surface area contributed by atoms with Gasteiger partial charge in [0, 0.05) is 18.3 Å². The zero-order valence-electron chi connectivity index (χ0n) is 15.8. The molecular formula is C11H18N3O15P3. The molecule has 2 rings (SSSR count). The maximum Gasteiger partial charge on any atom is 0.490 e. The molecule has 0 aliphatic carbocycles. The van der Waals surface area contributed by atoms with Gasteiger partial charge in [0.05, 0.1) is 0 Å². The molecule has 3 unspecified atom stereocenters. The summed E-state index contributed by atoms with van der Waals surface area (Å²) < 4.78 is 50.8. The Morgan fingerprint density at radius 2 is 1.78 bits per heavy atom. The van der Waals surface area contributed by atoms with E-state index in [4.69, 9.17) is 19.4 Å². The molecule has 0 bridgehead atoms. The minimum Gasteiger partial charge on any atom is -0.506 e. The molecule has 1 aliphatic rings. The van der Waals surface area contributed by atoms with Gasteiger partial charge in [0.15, 0.2) is 17.6 Å². The summed E-state index contributed by atoms with van der Waals surface area (Å²) in [6.07, 6.45) is -2.51. The fourth-order valence-electron chi connectivity index (χ4n) is 2.36. The predicted molar refractivity (Wildman–Crippen MR) is 99.7 cm³/mol. The Labute approximate surface area is 177 Å². The minimum atomic E-state index is -5.76. The molecule has 18 nitrogen and oxygen atoms in total. The van der Waals surface area contributed by atoms with Crippen LogP contribution in [0.2, 0.25) is 0 Å². The molecule has 0 radical (unpaired) electrons. The Balaban J connectivity index is 2.15. The third-order valence-corrected chi connectivity index (χ3v) is 7.34. The maximum atomic E-state index is 12.1. The molecule has 8 N–H and O–H groups in total. The molecule has 32 heavy (non-hydrogen) atoms.